The van der Waals surface area contributed by atoms with Crippen molar-refractivity contribution in [3.63, 3.8) is 0 Å². The van der Waals surface area contributed by atoms with E-state index in [1.165, 1.54) is 0 Å². The van der Waals surface area contributed by atoms with Crippen molar-refractivity contribution in [1.82, 2.24) is 15.1 Å². The Morgan fingerprint density at radius 3 is 2.43 bits per heavy atom. The number of hydrogen-bond acceptors (Lipinski definition) is 5. The van der Waals surface area contributed by atoms with E-state index in [1.807, 2.05) is 20.8 Å². The van der Waals surface area contributed by atoms with E-state index in [0.29, 0.717) is 19.0 Å². The van der Waals surface area contributed by atoms with Crippen LogP contribution < -0.4 is 5.32 Å². The zero-order valence-corrected chi connectivity index (χ0v) is 14.4. The van der Waals surface area contributed by atoms with Gasteiger partial charge in [-0.3, -0.25) is 9.69 Å². The van der Waals surface area contributed by atoms with Crippen LogP contribution >= 0.6 is 0 Å². The Balaban J connectivity index is 1.87. The Kier molecular flexibility index (Phi) is 5.86. The predicted molar refractivity (Wildman–Crippen MR) is 86.4 cm³/mol. The van der Waals surface area contributed by atoms with Gasteiger partial charge in [0.25, 0.3) is 0 Å². The molecule has 1 atom stereocenters. The van der Waals surface area contributed by atoms with E-state index in [2.05, 4.69) is 10.2 Å². The summed E-state index contributed by atoms with van der Waals surface area (Å²) in [5.41, 5.74) is -0.473. The third kappa shape index (κ3) is 5.35. The number of carbonyl (C=O) groups is 2. The highest BCUT2D eigenvalue weighted by atomic mass is 16.6. The van der Waals surface area contributed by atoms with Gasteiger partial charge in [-0.25, -0.2) is 4.79 Å². The standard InChI is InChI=1S/C16H29N3O4/c1-16(2,3)23-15(22)18-7-4-12(5-8-18)13-10-17-6-9-19(13)11-14(20)21/h12-13,17H,4-11H2,1-3H3,(H,20,21). The lowest BCUT2D eigenvalue weighted by atomic mass is 9.87. The van der Waals surface area contributed by atoms with E-state index in [-0.39, 0.29) is 18.7 Å². The minimum Gasteiger partial charge on any atom is -0.480 e. The van der Waals surface area contributed by atoms with Gasteiger partial charge in [-0.1, -0.05) is 0 Å². The SMILES string of the molecule is CC(C)(C)OC(=O)N1CCC(C2CNCCN2CC(=O)O)CC1. The third-order valence-corrected chi connectivity index (χ3v) is 4.47. The van der Waals surface area contributed by atoms with Gasteiger partial charge in [0, 0.05) is 38.8 Å². The molecular weight excluding hydrogens is 298 g/mol. The molecule has 0 radical (unpaired) electrons. The van der Waals surface area contributed by atoms with E-state index in [1.54, 1.807) is 4.90 Å². The number of amides is 1. The second-order valence-electron chi connectivity index (χ2n) is 7.44. The first-order chi connectivity index (χ1) is 10.8. The molecule has 2 saturated heterocycles. The van der Waals surface area contributed by atoms with Gasteiger partial charge in [0.05, 0.1) is 6.54 Å². The molecule has 2 N–H and O–H groups in total. The smallest absolute Gasteiger partial charge is 0.410 e. The zero-order valence-electron chi connectivity index (χ0n) is 14.4. The number of piperazine rings is 1. The fourth-order valence-corrected chi connectivity index (χ4v) is 3.40. The van der Waals surface area contributed by atoms with Crippen LogP contribution in [0.15, 0.2) is 0 Å². The van der Waals surface area contributed by atoms with Crippen molar-refractivity contribution < 1.29 is 19.4 Å². The quantitative estimate of drug-likeness (QED) is 0.804. The van der Waals surface area contributed by atoms with Crippen molar-refractivity contribution in [2.75, 3.05) is 39.3 Å². The van der Waals surface area contributed by atoms with E-state index >= 15 is 0 Å². The van der Waals surface area contributed by atoms with Gasteiger partial charge in [-0.15, -0.1) is 0 Å². The van der Waals surface area contributed by atoms with Crippen molar-refractivity contribution in [1.29, 1.82) is 0 Å². The molecule has 7 nitrogen and oxygen atoms in total. The zero-order chi connectivity index (χ0) is 17.0. The molecule has 0 bridgehead atoms. The van der Waals surface area contributed by atoms with Crippen molar-refractivity contribution >= 4 is 12.1 Å². The van der Waals surface area contributed by atoms with Crippen LogP contribution in [0, 0.1) is 5.92 Å². The molecule has 7 heteroatoms. The van der Waals surface area contributed by atoms with Gasteiger partial charge in [0.2, 0.25) is 0 Å². The van der Waals surface area contributed by atoms with Gasteiger partial charge in [0.1, 0.15) is 5.60 Å². The molecule has 0 saturated carbocycles. The molecule has 0 spiro atoms. The first-order valence-corrected chi connectivity index (χ1v) is 8.41. The number of carboxylic acids is 1. The maximum Gasteiger partial charge on any atom is 0.410 e. The Hall–Kier alpha value is -1.34. The molecular formula is C16H29N3O4. The average molecular weight is 327 g/mol. The largest absolute Gasteiger partial charge is 0.480 e. The summed E-state index contributed by atoms with van der Waals surface area (Å²) in [6, 6.07) is 0.237. The monoisotopic (exact) mass is 327 g/mol. The number of aliphatic carboxylic acids is 1. The minimum absolute atomic E-state index is 0.0959. The third-order valence-electron chi connectivity index (χ3n) is 4.47. The van der Waals surface area contributed by atoms with Crippen LogP contribution in [0.2, 0.25) is 0 Å². The maximum atomic E-state index is 12.1. The number of rotatable bonds is 3. The highest BCUT2D eigenvalue weighted by Gasteiger charge is 2.35. The number of nitrogens with one attached hydrogen (secondary N) is 1. The van der Waals surface area contributed by atoms with Gasteiger partial charge < -0.3 is 20.1 Å². The highest BCUT2D eigenvalue weighted by Crippen LogP contribution is 2.26. The number of carbonyl (C=O) groups excluding carboxylic acids is 1. The van der Waals surface area contributed by atoms with Crippen LogP contribution in [-0.4, -0.2) is 77.9 Å². The summed E-state index contributed by atoms with van der Waals surface area (Å²) in [6.45, 7) is 9.49. The number of carboxylic acid groups (broad SMARTS) is 1. The van der Waals surface area contributed by atoms with Gasteiger partial charge in [0.15, 0.2) is 0 Å². The second kappa shape index (κ2) is 7.49. The van der Waals surface area contributed by atoms with Crippen LogP contribution in [0.3, 0.4) is 0 Å². The van der Waals surface area contributed by atoms with Gasteiger partial charge in [-0.05, 0) is 39.5 Å². The fraction of sp³-hybridized carbons (Fsp3) is 0.875. The molecule has 0 aromatic heterocycles. The summed E-state index contributed by atoms with van der Waals surface area (Å²) in [4.78, 5) is 27.0. The molecule has 0 aromatic rings. The Morgan fingerprint density at radius 1 is 1.22 bits per heavy atom. The van der Waals surface area contributed by atoms with Crippen molar-refractivity contribution in [3.05, 3.63) is 0 Å². The van der Waals surface area contributed by atoms with Crippen LogP contribution in [0.25, 0.3) is 0 Å². The van der Waals surface area contributed by atoms with E-state index < -0.39 is 11.6 Å². The van der Waals surface area contributed by atoms with Crippen molar-refractivity contribution in [2.45, 2.75) is 45.3 Å². The summed E-state index contributed by atoms with van der Waals surface area (Å²) in [6.07, 6.45) is 1.53. The topological polar surface area (TPSA) is 82.1 Å². The summed E-state index contributed by atoms with van der Waals surface area (Å²) in [7, 11) is 0. The molecule has 1 amide bonds. The molecule has 2 fully saturated rings. The molecule has 0 aromatic carbocycles. The predicted octanol–water partition coefficient (Wildman–Crippen LogP) is 0.992. The average Bonchev–Trinajstić information content (AvgIpc) is 2.45. The number of nitrogens with zero attached hydrogens (tertiary/aromatic N) is 2. The first kappa shape index (κ1) is 18.0. The molecule has 2 heterocycles. The van der Waals surface area contributed by atoms with E-state index in [4.69, 9.17) is 9.84 Å². The van der Waals surface area contributed by atoms with Gasteiger partial charge in [-0.2, -0.15) is 0 Å². The fourth-order valence-electron chi connectivity index (χ4n) is 3.40. The Bertz CT molecular complexity index is 428. The highest BCUT2D eigenvalue weighted by molar-refractivity contribution is 5.69. The van der Waals surface area contributed by atoms with Crippen molar-refractivity contribution in [3.8, 4) is 0 Å². The van der Waals surface area contributed by atoms with Crippen molar-refractivity contribution in [2.24, 2.45) is 5.92 Å². The number of piperidine rings is 1. The number of likely N-dealkylation sites (tertiary alicyclic amines) is 1. The first-order valence-electron chi connectivity index (χ1n) is 8.41. The van der Waals surface area contributed by atoms with E-state index in [0.717, 1.165) is 32.5 Å². The summed E-state index contributed by atoms with van der Waals surface area (Å²) in [5.74, 6) is -0.357. The molecule has 0 aliphatic carbocycles. The molecule has 2 aliphatic heterocycles. The van der Waals surface area contributed by atoms with Crippen LogP contribution in [0.1, 0.15) is 33.6 Å². The van der Waals surface area contributed by atoms with E-state index in [9.17, 15) is 9.59 Å². The molecule has 2 aliphatic rings. The molecule has 1 unspecified atom stereocenters. The summed E-state index contributed by atoms with van der Waals surface area (Å²) >= 11 is 0. The Labute approximate surface area is 138 Å². The van der Waals surface area contributed by atoms with Gasteiger partial charge >= 0.3 is 12.1 Å². The summed E-state index contributed by atoms with van der Waals surface area (Å²) < 4.78 is 5.42. The maximum absolute atomic E-state index is 12.1. The minimum atomic E-state index is -0.775. The number of ether oxygens (including phenoxy) is 1. The second-order valence-corrected chi connectivity index (χ2v) is 7.44. The molecule has 2 rings (SSSR count). The van der Waals surface area contributed by atoms with Crippen LogP contribution in [0.5, 0.6) is 0 Å². The lowest BCUT2D eigenvalue weighted by Crippen LogP contribution is -2.57. The molecule has 132 valence electrons. The normalized spacial score (nSPS) is 24.5. The van der Waals surface area contributed by atoms with Crippen LogP contribution in [-0.2, 0) is 9.53 Å². The number of hydrogen-bond donors (Lipinski definition) is 2. The Morgan fingerprint density at radius 2 is 1.87 bits per heavy atom. The molecule has 23 heavy (non-hydrogen) atoms. The summed E-state index contributed by atoms with van der Waals surface area (Å²) in [5, 5.41) is 12.4. The van der Waals surface area contributed by atoms with Crippen LogP contribution in [0.4, 0.5) is 4.79 Å². The lowest BCUT2D eigenvalue weighted by molar-refractivity contribution is -0.139. The lowest BCUT2D eigenvalue weighted by Gasteiger charge is -2.43.